The van der Waals surface area contributed by atoms with Gasteiger partial charge in [0, 0.05) is 13.5 Å². The molecule has 0 aromatic carbocycles. The molecule has 4 nitrogen and oxygen atoms in total. The highest BCUT2D eigenvalue weighted by Crippen LogP contribution is 2.33. The van der Waals surface area contributed by atoms with Gasteiger partial charge in [-0.3, -0.25) is 4.79 Å². The van der Waals surface area contributed by atoms with E-state index in [-0.39, 0.29) is 18.5 Å². The molecule has 2 atom stereocenters. The standard InChI is InChI=1S/C12H20O4/c1-4-10-7-6-8-12(14-3,16-10)9-11(13)15-5-2/h4,10H,1,5-9H2,2-3H3. The highest BCUT2D eigenvalue weighted by molar-refractivity contribution is 5.70. The van der Waals surface area contributed by atoms with Crippen LogP contribution in [0.5, 0.6) is 0 Å². The Morgan fingerprint density at radius 1 is 1.69 bits per heavy atom. The van der Waals surface area contributed by atoms with Gasteiger partial charge in [-0.15, -0.1) is 6.58 Å². The molecule has 1 saturated heterocycles. The molecule has 1 heterocycles. The average molecular weight is 228 g/mol. The van der Waals surface area contributed by atoms with E-state index in [0.29, 0.717) is 13.0 Å². The summed E-state index contributed by atoms with van der Waals surface area (Å²) in [6.07, 6.45) is 4.46. The van der Waals surface area contributed by atoms with Crippen LogP contribution in [0.25, 0.3) is 0 Å². The highest BCUT2D eigenvalue weighted by atomic mass is 16.7. The molecule has 0 aromatic rings. The summed E-state index contributed by atoms with van der Waals surface area (Å²) >= 11 is 0. The number of carbonyl (C=O) groups excluding carboxylic acids is 1. The highest BCUT2D eigenvalue weighted by Gasteiger charge is 2.39. The van der Waals surface area contributed by atoms with E-state index in [9.17, 15) is 4.79 Å². The molecule has 4 heteroatoms. The van der Waals surface area contributed by atoms with Crippen molar-refractivity contribution in [1.82, 2.24) is 0 Å². The SMILES string of the molecule is C=CC1CCCC(CC(=O)OCC)(OC)O1. The zero-order chi connectivity index (χ0) is 12.0. The molecule has 2 unspecified atom stereocenters. The number of rotatable bonds is 5. The summed E-state index contributed by atoms with van der Waals surface area (Å²) < 4.78 is 16.0. The Morgan fingerprint density at radius 3 is 3.00 bits per heavy atom. The molecule has 0 saturated carbocycles. The number of methoxy groups -OCH3 is 1. The zero-order valence-electron chi connectivity index (χ0n) is 10.0. The summed E-state index contributed by atoms with van der Waals surface area (Å²) in [7, 11) is 1.56. The van der Waals surface area contributed by atoms with Gasteiger partial charge in [-0.05, 0) is 19.8 Å². The minimum atomic E-state index is -0.830. The first-order chi connectivity index (χ1) is 7.65. The Labute approximate surface area is 96.6 Å². The molecule has 0 bridgehead atoms. The summed E-state index contributed by atoms with van der Waals surface area (Å²) in [5.74, 6) is -1.11. The molecule has 16 heavy (non-hydrogen) atoms. The van der Waals surface area contributed by atoms with Crippen molar-refractivity contribution in [2.45, 2.75) is 44.5 Å². The zero-order valence-corrected chi connectivity index (χ0v) is 10.0. The molecule has 0 N–H and O–H groups in total. The van der Waals surface area contributed by atoms with Gasteiger partial charge < -0.3 is 14.2 Å². The topological polar surface area (TPSA) is 44.8 Å². The van der Waals surface area contributed by atoms with Crippen LogP contribution in [0.4, 0.5) is 0 Å². The monoisotopic (exact) mass is 228 g/mol. The predicted molar refractivity (Wildman–Crippen MR) is 59.9 cm³/mol. The fraction of sp³-hybridized carbons (Fsp3) is 0.750. The lowest BCUT2D eigenvalue weighted by molar-refractivity contribution is -0.262. The Hall–Kier alpha value is -0.870. The maximum Gasteiger partial charge on any atom is 0.311 e. The molecule has 1 aliphatic rings. The fourth-order valence-electron chi connectivity index (χ4n) is 1.92. The average Bonchev–Trinajstić information content (AvgIpc) is 2.29. The van der Waals surface area contributed by atoms with E-state index in [0.717, 1.165) is 12.8 Å². The van der Waals surface area contributed by atoms with Crippen molar-refractivity contribution in [3.05, 3.63) is 12.7 Å². The van der Waals surface area contributed by atoms with Crippen LogP contribution in [-0.4, -0.2) is 31.6 Å². The van der Waals surface area contributed by atoms with Crippen LogP contribution in [0, 0.1) is 0 Å². The number of hydrogen-bond donors (Lipinski definition) is 0. The lowest BCUT2D eigenvalue weighted by atomic mass is 9.98. The van der Waals surface area contributed by atoms with Crippen LogP contribution >= 0.6 is 0 Å². The van der Waals surface area contributed by atoms with Gasteiger partial charge in [-0.2, -0.15) is 0 Å². The summed E-state index contributed by atoms with van der Waals surface area (Å²) in [4.78, 5) is 11.5. The molecule has 1 aliphatic heterocycles. The Morgan fingerprint density at radius 2 is 2.44 bits per heavy atom. The van der Waals surface area contributed by atoms with Gasteiger partial charge in [-0.1, -0.05) is 6.08 Å². The van der Waals surface area contributed by atoms with Gasteiger partial charge in [0.2, 0.25) is 0 Å². The number of ether oxygens (including phenoxy) is 3. The maximum atomic E-state index is 11.5. The van der Waals surface area contributed by atoms with E-state index in [1.807, 2.05) is 0 Å². The van der Waals surface area contributed by atoms with E-state index in [1.165, 1.54) is 0 Å². The van der Waals surface area contributed by atoms with Crippen LogP contribution in [0.2, 0.25) is 0 Å². The molecule has 0 spiro atoms. The third-order valence-corrected chi connectivity index (χ3v) is 2.77. The quantitative estimate of drug-likeness (QED) is 0.533. The van der Waals surface area contributed by atoms with E-state index in [2.05, 4.69) is 6.58 Å². The Kier molecular flexibility index (Phi) is 4.96. The first kappa shape index (κ1) is 13.2. The molecular formula is C12H20O4. The number of esters is 1. The molecule has 0 aromatic heterocycles. The van der Waals surface area contributed by atoms with Crippen molar-refractivity contribution >= 4 is 5.97 Å². The molecule has 0 radical (unpaired) electrons. The second-order valence-electron chi connectivity index (χ2n) is 3.88. The second kappa shape index (κ2) is 6.01. The molecule has 92 valence electrons. The molecule has 1 rings (SSSR count). The van der Waals surface area contributed by atoms with Crippen molar-refractivity contribution in [3.8, 4) is 0 Å². The Bertz CT molecular complexity index is 251. The third-order valence-electron chi connectivity index (χ3n) is 2.77. The minimum absolute atomic E-state index is 0.0388. The van der Waals surface area contributed by atoms with Crippen molar-refractivity contribution in [2.75, 3.05) is 13.7 Å². The van der Waals surface area contributed by atoms with Crippen molar-refractivity contribution in [2.24, 2.45) is 0 Å². The van der Waals surface area contributed by atoms with Gasteiger partial charge in [0.25, 0.3) is 0 Å². The number of hydrogen-bond acceptors (Lipinski definition) is 4. The number of carbonyl (C=O) groups is 1. The smallest absolute Gasteiger partial charge is 0.311 e. The van der Waals surface area contributed by atoms with Crippen LogP contribution in [0.3, 0.4) is 0 Å². The van der Waals surface area contributed by atoms with Crippen LogP contribution in [0.1, 0.15) is 32.6 Å². The first-order valence-corrected chi connectivity index (χ1v) is 5.67. The molecule has 0 aliphatic carbocycles. The van der Waals surface area contributed by atoms with Gasteiger partial charge in [0.15, 0.2) is 5.79 Å². The van der Waals surface area contributed by atoms with Crippen molar-refractivity contribution in [3.63, 3.8) is 0 Å². The minimum Gasteiger partial charge on any atom is -0.466 e. The maximum absolute atomic E-state index is 11.5. The van der Waals surface area contributed by atoms with Gasteiger partial charge in [-0.25, -0.2) is 0 Å². The van der Waals surface area contributed by atoms with Gasteiger partial charge >= 0.3 is 5.97 Å². The van der Waals surface area contributed by atoms with Crippen molar-refractivity contribution in [1.29, 1.82) is 0 Å². The lowest BCUT2D eigenvalue weighted by Gasteiger charge is -2.38. The largest absolute Gasteiger partial charge is 0.466 e. The van der Waals surface area contributed by atoms with E-state index in [1.54, 1.807) is 20.1 Å². The third kappa shape index (κ3) is 3.32. The van der Waals surface area contributed by atoms with Crippen LogP contribution in [-0.2, 0) is 19.0 Å². The van der Waals surface area contributed by atoms with Gasteiger partial charge in [0.05, 0.1) is 19.1 Å². The molecular weight excluding hydrogens is 208 g/mol. The molecule has 0 amide bonds. The summed E-state index contributed by atoms with van der Waals surface area (Å²) in [5, 5.41) is 0. The predicted octanol–water partition coefficient (Wildman–Crippen LogP) is 2.04. The van der Waals surface area contributed by atoms with Crippen LogP contribution < -0.4 is 0 Å². The summed E-state index contributed by atoms with van der Waals surface area (Å²) in [5.41, 5.74) is 0. The Balaban J connectivity index is 2.61. The van der Waals surface area contributed by atoms with E-state index < -0.39 is 5.79 Å². The second-order valence-corrected chi connectivity index (χ2v) is 3.88. The first-order valence-electron chi connectivity index (χ1n) is 5.67. The summed E-state index contributed by atoms with van der Waals surface area (Å²) in [6, 6.07) is 0. The van der Waals surface area contributed by atoms with E-state index in [4.69, 9.17) is 14.2 Å². The van der Waals surface area contributed by atoms with Crippen LogP contribution in [0.15, 0.2) is 12.7 Å². The van der Waals surface area contributed by atoms with E-state index >= 15 is 0 Å². The normalized spacial score (nSPS) is 29.8. The molecule has 1 fully saturated rings. The summed E-state index contributed by atoms with van der Waals surface area (Å²) in [6.45, 7) is 5.86. The lowest BCUT2D eigenvalue weighted by Crippen LogP contribution is -2.43. The fourth-order valence-corrected chi connectivity index (χ4v) is 1.92. The van der Waals surface area contributed by atoms with Gasteiger partial charge in [0.1, 0.15) is 0 Å². The van der Waals surface area contributed by atoms with Crippen molar-refractivity contribution < 1.29 is 19.0 Å².